The summed E-state index contributed by atoms with van der Waals surface area (Å²) >= 11 is 6.40. The van der Waals surface area contributed by atoms with Gasteiger partial charge in [0.25, 0.3) is 0 Å². The molecular formula is C20H27ClN6O2. The maximum atomic E-state index is 10.7. The number of carbonyl (C=O) groups is 1. The highest BCUT2D eigenvalue weighted by Crippen LogP contribution is 2.38. The first-order valence-corrected chi connectivity index (χ1v) is 10.6. The van der Waals surface area contributed by atoms with Gasteiger partial charge in [0.2, 0.25) is 5.95 Å². The van der Waals surface area contributed by atoms with E-state index >= 15 is 0 Å². The minimum absolute atomic E-state index is 0.0208. The molecule has 3 N–H and O–H groups in total. The Morgan fingerprint density at radius 3 is 2.45 bits per heavy atom. The highest BCUT2D eigenvalue weighted by molar-refractivity contribution is 6.32. The number of hydrogen-bond donors (Lipinski definition) is 3. The van der Waals surface area contributed by atoms with E-state index in [2.05, 4.69) is 25.7 Å². The first-order valence-electron chi connectivity index (χ1n) is 10.2. The molecule has 4 rings (SSSR count). The maximum absolute atomic E-state index is 10.7. The van der Waals surface area contributed by atoms with Gasteiger partial charge in [-0.25, -0.2) is 9.97 Å². The molecule has 2 aliphatic carbocycles. The number of hydrogen-bond acceptors (Lipinski definition) is 6. The van der Waals surface area contributed by atoms with E-state index in [1.54, 1.807) is 0 Å². The lowest BCUT2D eigenvalue weighted by atomic mass is 9.91. The summed E-state index contributed by atoms with van der Waals surface area (Å²) in [5, 5.41) is 20.1. The van der Waals surface area contributed by atoms with Crippen LogP contribution in [0.15, 0.2) is 12.4 Å². The van der Waals surface area contributed by atoms with Gasteiger partial charge in [-0.2, -0.15) is 5.10 Å². The fourth-order valence-electron chi connectivity index (χ4n) is 4.03. The summed E-state index contributed by atoms with van der Waals surface area (Å²) < 4.78 is 1.87. The molecule has 8 nitrogen and oxygen atoms in total. The van der Waals surface area contributed by atoms with Crippen molar-refractivity contribution in [3.05, 3.63) is 23.2 Å². The topological polar surface area (TPSA) is 105 Å². The van der Waals surface area contributed by atoms with Crippen molar-refractivity contribution in [1.29, 1.82) is 0 Å². The zero-order chi connectivity index (χ0) is 20.4. The molecular weight excluding hydrogens is 392 g/mol. The molecule has 0 amide bonds. The molecule has 29 heavy (non-hydrogen) atoms. The van der Waals surface area contributed by atoms with Crippen molar-refractivity contribution in [3.63, 3.8) is 0 Å². The fourth-order valence-corrected chi connectivity index (χ4v) is 4.36. The normalized spacial score (nSPS) is 21.9. The molecule has 0 saturated heterocycles. The SMILES string of the molecule is Cn1nc(Cl)c(-c2cnc(NC3CCC(NCC(=O)O)CC3)nc2)c1CC1CC1. The highest BCUT2D eigenvalue weighted by Gasteiger charge is 2.27. The third-order valence-corrected chi connectivity index (χ3v) is 6.11. The number of halogens is 1. The van der Waals surface area contributed by atoms with Crippen LogP contribution in [-0.4, -0.2) is 49.5 Å². The molecule has 2 aromatic rings. The van der Waals surface area contributed by atoms with Gasteiger partial charge in [-0.3, -0.25) is 9.48 Å². The van der Waals surface area contributed by atoms with E-state index in [0.717, 1.165) is 54.8 Å². The van der Waals surface area contributed by atoms with Gasteiger partial charge >= 0.3 is 5.97 Å². The molecule has 0 aromatic carbocycles. The van der Waals surface area contributed by atoms with Crippen LogP contribution in [0.1, 0.15) is 44.2 Å². The van der Waals surface area contributed by atoms with Gasteiger partial charge in [0.15, 0.2) is 5.15 Å². The Hall–Kier alpha value is -2.19. The molecule has 0 spiro atoms. The number of aryl methyl sites for hydroxylation is 1. The van der Waals surface area contributed by atoms with Crippen molar-refractivity contribution >= 4 is 23.5 Å². The van der Waals surface area contributed by atoms with Crippen LogP contribution in [0.4, 0.5) is 5.95 Å². The van der Waals surface area contributed by atoms with Crippen molar-refractivity contribution in [2.24, 2.45) is 13.0 Å². The van der Waals surface area contributed by atoms with Crippen LogP contribution >= 0.6 is 11.6 Å². The van der Waals surface area contributed by atoms with Crippen LogP contribution in [0, 0.1) is 5.92 Å². The Labute approximate surface area is 175 Å². The van der Waals surface area contributed by atoms with E-state index in [1.807, 2.05) is 24.1 Å². The second kappa shape index (κ2) is 8.67. The van der Waals surface area contributed by atoms with Crippen LogP contribution < -0.4 is 10.6 Å². The summed E-state index contributed by atoms with van der Waals surface area (Å²) in [7, 11) is 1.94. The minimum atomic E-state index is -0.812. The lowest BCUT2D eigenvalue weighted by Gasteiger charge is -2.29. The first kappa shape index (κ1) is 20.1. The number of aliphatic carboxylic acids is 1. The van der Waals surface area contributed by atoms with Crippen LogP contribution in [-0.2, 0) is 18.3 Å². The Balaban J connectivity index is 1.36. The monoisotopic (exact) mass is 418 g/mol. The summed E-state index contributed by atoms with van der Waals surface area (Å²) in [4.78, 5) is 19.7. The van der Waals surface area contributed by atoms with Crippen molar-refractivity contribution < 1.29 is 9.90 Å². The van der Waals surface area contributed by atoms with Crippen LogP contribution in [0.3, 0.4) is 0 Å². The van der Waals surface area contributed by atoms with Gasteiger partial charge in [-0.05, 0) is 50.9 Å². The standard InChI is InChI=1S/C20H27ClN6O2/c1-27-16(8-12-2-3-12)18(19(21)26-27)13-9-23-20(24-10-13)25-15-6-4-14(5-7-15)22-11-17(28)29/h9-10,12,14-15,22H,2-8,11H2,1H3,(H,28,29)(H,23,24,25). The number of nitrogens with zero attached hydrogens (tertiary/aromatic N) is 4. The summed E-state index contributed by atoms with van der Waals surface area (Å²) in [6.07, 6.45) is 11.0. The molecule has 2 aromatic heterocycles. The number of rotatable bonds is 8. The predicted molar refractivity (Wildman–Crippen MR) is 111 cm³/mol. The van der Waals surface area contributed by atoms with Gasteiger partial charge in [0, 0.05) is 48.3 Å². The quantitative estimate of drug-likeness (QED) is 0.605. The van der Waals surface area contributed by atoms with E-state index in [0.29, 0.717) is 17.1 Å². The van der Waals surface area contributed by atoms with Gasteiger partial charge < -0.3 is 15.7 Å². The summed E-state index contributed by atoms with van der Waals surface area (Å²) in [5.74, 6) is 0.536. The summed E-state index contributed by atoms with van der Waals surface area (Å²) in [5.41, 5.74) is 2.98. The number of carboxylic acids is 1. The molecule has 0 bridgehead atoms. The third-order valence-electron chi connectivity index (χ3n) is 5.85. The molecule has 2 saturated carbocycles. The predicted octanol–water partition coefficient (Wildman–Crippen LogP) is 2.88. The first-order chi connectivity index (χ1) is 14.0. The number of nitrogens with one attached hydrogen (secondary N) is 2. The third kappa shape index (κ3) is 5.05. The lowest BCUT2D eigenvalue weighted by molar-refractivity contribution is -0.136. The molecule has 9 heteroatoms. The average Bonchev–Trinajstić information content (AvgIpc) is 3.47. The second-order valence-electron chi connectivity index (χ2n) is 8.15. The molecule has 0 atom stereocenters. The maximum Gasteiger partial charge on any atom is 0.317 e. The van der Waals surface area contributed by atoms with Gasteiger partial charge in [0.1, 0.15) is 0 Å². The molecule has 2 heterocycles. The Morgan fingerprint density at radius 2 is 1.83 bits per heavy atom. The fraction of sp³-hybridized carbons (Fsp3) is 0.600. The van der Waals surface area contributed by atoms with Gasteiger partial charge in [-0.15, -0.1) is 0 Å². The zero-order valence-electron chi connectivity index (χ0n) is 16.6. The van der Waals surface area contributed by atoms with E-state index in [4.69, 9.17) is 16.7 Å². The smallest absolute Gasteiger partial charge is 0.317 e. The Bertz CT molecular complexity index is 857. The van der Waals surface area contributed by atoms with E-state index in [9.17, 15) is 4.79 Å². The molecule has 2 aliphatic rings. The second-order valence-corrected chi connectivity index (χ2v) is 8.50. The largest absolute Gasteiger partial charge is 0.480 e. The summed E-state index contributed by atoms with van der Waals surface area (Å²) in [6, 6.07) is 0.571. The lowest BCUT2D eigenvalue weighted by Crippen LogP contribution is -2.39. The van der Waals surface area contributed by atoms with Crippen LogP contribution in [0.5, 0.6) is 0 Å². The Kier molecular flexibility index (Phi) is 6.01. The van der Waals surface area contributed by atoms with Crippen molar-refractivity contribution in [1.82, 2.24) is 25.1 Å². The number of aromatic nitrogens is 4. The highest BCUT2D eigenvalue weighted by atomic mass is 35.5. The molecule has 2 fully saturated rings. The Morgan fingerprint density at radius 1 is 1.17 bits per heavy atom. The van der Waals surface area contributed by atoms with E-state index in [-0.39, 0.29) is 12.6 Å². The van der Waals surface area contributed by atoms with Gasteiger partial charge in [-0.1, -0.05) is 11.6 Å². The summed E-state index contributed by atoms with van der Waals surface area (Å²) in [6.45, 7) is 0.0208. The van der Waals surface area contributed by atoms with Crippen LogP contribution in [0.2, 0.25) is 5.15 Å². The van der Waals surface area contributed by atoms with Gasteiger partial charge in [0.05, 0.1) is 6.54 Å². The van der Waals surface area contributed by atoms with Crippen molar-refractivity contribution in [2.45, 2.75) is 57.0 Å². The average molecular weight is 419 g/mol. The van der Waals surface area contributed by atoms with Crippen LogP contribution in [0.25, 0.3) is 11.1 Å². The van der Waals surface area contributed by atoms with E-state index < -0.39 is 5.97 Å². The zero-order valence-corrected chi connectivity index (χ0v) is 17.3. The molecule has 0 radical (unpaired) electrons. The molecule has 0 aliphatic heterocycles. The minimum Gasteiger partial charge on any atom is -0.480 e. The molecule has 156 valence electrons. The molecule has 0 unspecified atom stereocenters. The number of anilines is 1. The van der Waals surface area contributed by atoms with Crippen molar-refractivity contribution in [2.75, 3.05) is 11.9 Å². The van der Waals surface area contributed by atoms with Crippen molar-refractivity contribution in [3.8, 4) is 11.1 Å². The van der Waals surface area contributed by atoms with E-state index in [1.165, 1.54) is 12.8 Å². The number of carboxylic acid groups (broad SMARTS) is 1.